The van der Waals surface area contributed by atoms with Crippen molar-refractivity contribution >= 4 is 33.8 Å². The van der Waals surface area contributed by atoms with Gasteiger partial charge in [-0.05, 0) is 93.5 Å². The molecule has 0 saturated carbocycles. The van der Waals surface area contributed by atoms with Crippen LogP contribution in [0.3, 0.4) is 0 Å². The zero-order valence-electron chi connectivity index (χ0n) is 24.6. The first-order valence-electron chi connectivity index (χ1n) is 15.2. The predicted octanol–water partition coefficient (Wildman–Crippen LogP) is 9.72. The van der Waals surface area contributed by atoms with E-state index in [1.165, 1.54) is 0 Å². The number of hydrogen-bond donors (Lipinski definition) is 0. The fraction of sp³-hybridized carbons (Fsp3) is 0. The van der Waals surface area contributed by atoms with Crippen molar-refractivity contribution in [2.45, 2.75) is 0 Å². The van der Waals surface area contributed by atoms with Crippen LogP contribution in [0.4, 0.5) is 0 Å². The van der Waals surface area contributed by atoms with Crippen molar-refractivity contribution in [2.75, 3.05) is 0 Å². The molecular formula is C41H26NO2PS. The molecule has 0 bridgehead atoms. The van der Waals surface area contributed by atoms with E-state index in [9.17, 15) is 0 Å². The van der Waals surface area contributed by atoms with Gasteiger partial charge in [-0.2, -0.15) is 0 Å². The third kappa shape index (κ3) is 4.26. The van der Waals surface area contributed by atoms with Crippen molar-refractivity contribution in [1.82, 2.24) is 4.98 Å². The van der Waals surface area contributed by atoms with Crippen LogP contribution in [-0.2, 0) is 11.8 Å². The summed E-state index contributed by atoms with van der Waals surface area (Å²) in [7, 11) is 0. The summed E-state index contributed by atoms with van der Waals surface area (Å²) < 4.78 is 13.6. The van der Waals surface area contributed by atoms with Gasteiger partial charge in [0.2, 0.25) is 0 Å². The van der Waals surface area contributed by atoms with Gasteiger partial charge in [-0.1, -0.05) is 103 Å². The Bertz CT molecular complexity index is 2280. The van der Waals surface area contributed by atoms with E-state index >= 15 is 0 Å². The monoisotopic (exact) mass is 627 g/mol. The van der Waals surface area contributed by atoms with Crippen LogP contribution in [0.25, 0.3) is 44.5 Å². The van der Waals surface area contributed by atoms with Gasteiger partial charge in [0.1, 0.15) is 23.0 Å². The van der Waals surface area contributed by atoms with E-state index in [0.29, 0.717) is 0 Å². The predicted molar refractivity (Wildman–Crippen MR) is 192 cm³/mol. The van der Waals surface area contributed by atoms with Crippen LogP contribution in [0.5, 0.6) is 23.0 Å². The molecule has 0 amide bonds. The molecule has 1 unspecified atom stereocenters. The second-order valence-corrected chi connectivity index (χ2v) is 15.8. The van der Waals surface area contributed by atoms with Gasteiger partial charge < -0.3 is 9.47 Å². The van der Waals surface area contributed by atoms with Gasteiger partial charge in [-0.15, -0.1) is 0 Å². The standard InChI is InChI=1S/C41H26NO2PS/c46-45-38-25-31(27-8-3-1-4-9-27)14-17-35(38)43-37-19-16-34(33-13-7-12-30(24-33)29-20-22-42-23-21-29)40(41(37)45)44-36-18-15-32(26-39(36)45)28-10-5-2-6-11-28/h1-26H. The summed E-state index contributed by atoms with van der Waals surface area (Å²) in [6, 6.07) is 48.0. The molecule has 46 heavy (non-hydrogen) atoms. The first-order valence-corrected chi connectivity index (χ1v) is 18.0. The summed E-state index contributed by atoms with van der Waals surface area (Å²) in [5.74, 6) is 3.16. The molecule has 5 heteroatoms. The van der Waals surface area contributed by atoms with E-state index in [1.54, 1.807) is 0 Å². The highest BCUT2D eigenvalue weighted by Crippen LogP contribution is 2.60. The molecule has 3 heterocycles. The molecule has 2 aliphatic rings. The van der Waals surface area contributed by atoms with Crippen LogP contribution in [0, 0.1) is 0 Å². The van der Waals surface area contributed by atoms with Gasteiger partial charge in [-0.3, -0.25) is 4.98 Å². The van der Waals surface area contributed by atoms with Crippen LogP contribution in [0.1, 0.15) is 0 Å². The van der Waals surface area contributed by atoms with Gasteiger partial charge in [0.05, 0.1) is 11.3 Å². The average Bonchev–Trinajstić information content (AvgIpc) is 3.13. The van der Waals surface area contributed by atoms with Crippen molar-refractivity contribution in [2.24, 2.45) is 0 Å². The lowest BCUT2D eigenvalue weighted by Crippen LogP contribution is -2.35. The highest BCUT2D eigenvalue weighted by molar-refractivity contribution is 8.26. The summed E-state index contributed by atoms with van der Waals surface area (Å²) >= 11 is 7.03. The van der Waals surface area contributed by atoms with Crippen molar-refractivity contribution in [1.29, 1.82) is 0 Å². The Labute approximate surface area is 272 Å². The zero-order chi connectivity index (χ0) is 30.7. The number of benzene rings is 6. The minimum Gasteiger partial charge on any atom is -0.456 e. The highest BCUT2D eigenvalue weighted by Gasteiger charge is 2.44. The number of pyridine rings is 1. The third-order valence-electron chi connectivity index (χ3n) is 8.84. The summed E-state index contributed by atoms with van der Waals surface area (Å²) in [4.78, 5) is 4.20. The number of rotatable bonds is 4. The molecule has 9 rings (SSSR count). The number of fused-ring (bicyclic) bond motifs is 4. The lowest BCUT2D eigenvalue weighted by atomic mass is 9.98. The van der Waals surface area contributed by atoms with Gasteiger partial charge in [0.25, 0.3) is 0 Å². The smallest absolute Gasteiger partial charge is 0.148 e. The van der Waals surface area contributed by atoms with Crippen molar-refractivity contribution in [3.05, 3.63) is 158 Å². The molecule has 2 aliphatic heterocycles. The number of nitrogens with zero attached hydrogens (tertiary/aromatic N) is 1. The maximum Gasteiger partial charge on any atom is 0.148 e. The van der Waals surface area contributed by atoms with E-state index in [-0.39, 0.29) is 0 Å². The molecule has 0 radical (unpaired) electrons. The molecule has 6 aromatic carbocycles. The molecule has 0 aliphatic carbocycles. The van der Waals surface area contributed by atoms with Crippen LogP contribution in [0.15, 0.2) is 158 Å². The van der Waals surface area contributed by atoms with E-state index in [2.05, 4.69) is 126 Å². The Morgan fingerprint density at radius 3 is 1.61 bits per heavy atom. The first-order chi connectivity index (χ1) is 22.7. The Morgan fingerprint density at radius 2 is 0.957 bits per heavy atom. The van der Waals surface area contributed by atoms with Crippen molar-refractivity contribution < 1.29 is 9.47 Å². The van der Waals surface area contributed by atoms with Crippen LogP contribution < -0.4 is 25.4 Å². The lowest BCUT2D eigenvalue weighted by molar-refractivity contribution is 0.467. The van der Waals surface area contributed by atoms with Crippen molar-refractivity contribution in [3.8, 4) is 67.5 Å². The third-order valence-corrected chi connectivity index (χ3v) is 13.7. The molecule has 0 fully saturated rings. The van der Waals surface area contributed by atoms with Gasteiger partial charge >= 0.3 is 0 Å². The fourth-order valence-corrected chi connectivity index (χ4v) is 11.1. The maximum absolute atomic E-state index is 7.03. The molecular weight excluding hydrogens is 601 g/mol. The maximum atomic E-state index is 7.03. The van der Waals surface area contributed by atoms with E-state index in [4.69, 9.17) is 21.3 Å². The number of ether oxygens (including phenoxy) is 2. The number of aromatic nitrogens is 1. The van der Waals surface area contributed by atoms with Crippen molar-refractivity contribution in [3.63, 3.8) is 0 Å². The van der Waals surface area contributed by atoms with E-state index < -0.39 is 6.04 Å². The minimum atomic E-state index is -2.65. The molecule has 218 valence electrons. The summed E-state index contributed by atoms with van der Waals surface area (Å²) in [5, 5.41) is 3.08. The molecule has 0 spiro atoms. The fourth-order valence-electron chi connectivity index (χ4n) is 6.59. The Morgan fingerprint density at radius 1 is 0.435 bits per heavy atom. The highest BCUT2D eigenvalue weighted by atomic mass is 32.4. The normalized spacial score (nSPS) is 15.5. The molecule has 0 saturated heterocycles. The second-order valence-electron chi connectivity index (χ2n) is 11.5. The summed E-state index contributed by atoms with van der Waals surface area (Å²) in [6.45, 7) is 0. The topological polar surface area (TPSA) is 31.4 Å². The summed E-state index contributed by atoms with van der Waals surface area (Å²) in [6.07, 6.45) is 3.64. The average molecular weight is 628 g/mol. The lowest BCUT2D eigenvalue weighted by Gasteiger charge is -2.38. The molecule has 3 nitrogen and oxygen atoms in total. The molecule has 1 aromatic heterocycles. The number of hydrogen-bond acceptors (Lipinski definition) is 4. The Kier molecular flexibility index (Phi) is 6.28. The van der Waals surface area contributed by atoms with Gasteiger partial charge in [0.15, 0.2) is 0 Å². The Balaban J connectivity index is 1.30. The van der Waals surface area contributed by atoms with Gasteiger partial charge in [0, 0.05) is 28.6 Å². The van der Waals surface area contributed by atoms with Crippen LogP contribution in [0.2, 0.25) is 0 Å². The van der Waals surface area contributed by atoms with Gasteiger partial charge in [-0.25, -0.2) is 0 Å². The van der Waals surface area contributed by atoms with Crippen LogP contribution in [-0.4, -0.2) is 4.98 Å². The van der Waals surface area contributed by atoms with Crippen LogP contribution >= 0.6 is 6.04 Å². The van der Waals surface area contributed by atoms with E-state index in [1.807, 2.05) is 36.7 Å². The quantitative estimate of drug-likeness (QED) is 0.182. The zero-order valence-corrected chi connectivity index (χ0v) is 26.3. The molecule has 1 atom stereocenters. The first kappa shape index (κ1) is 27.1. The largest absolute Gasteiger partial charge is 0.456 e. The van der Waals surface area contributed by atoms with E-state index in [0.717, 1.165) is 83.4 Å². The summed E-state index contributed by atoms with van der Waals surface area (Å²) in [5.41, 5.74) is 8.80. The Hall–Kier alpha value is -5.28. The minimum absolute atomic E-state index is 0.767. The molecule has 0 N–H and O–H groups in total. The molecule has 7 aromatic rings. The SMILES string of the molecule is S=P12c3cc(-c4ccccc4)ccc3Oc3ccc(-c4cccc(-c5ccncc5)c4)c(c31)Oc1ccc(-c3ccccc3)cc12. The second kappa shape index (κ2) is 10.7.